The van der Waals surface area contributed by atoms with Crippen molar-refractivity contribution in [2.45, 2.75) is 26.0 Å². The van der Waals surface area contributed by atoms with Gasteiger partial charge in [0.05, 0.1) is 10.6 Å². The number of ether oxygens (including phenoxy) is 2. The van der Waals surface area contributed by atoms with Crippen LogP contribution in [-0.4, -0.2) is 24.5 Å². The summed E-state index contributed by atoms with van der Waals surface area (Å²) in [5.41, 5.74) is 0.814. The quantitative estimate of drug-likeness (QED) is 0.895. The summed E-state index contributed by atoms with van der Waals surface area (Å²) in [5.74, 6) is 1.38. The Bertz CT molecular complexity index is 411. The fraction of sp³-hybridized carbons (Fsp3) is 0.500. The van der Waals surface area contributed by atoms with Crippen LogP contribution in [0.2, 0.25) is 0 Å². The third-order valence-electron chi connectivity index (χ3n) is 2.79. The molecule has 4 nitrogen and oxygen atoms in total. The number of aliphatic hydroxyl groups excluding tert-OH is 1. The number of hydrogen-bond acceptors (Lipinski definition) is 4. The highest BCUT2D eigenvalue weighted by Crippen LogP contribution is 2.41. The summed E-state index contributed by atoms with van der Waals surface area (Å²) in [5, 5.41) is 13.4. The first-order valence-electron chi connectivity index (χ1n) is 5.64. The Kier molecular flexibility index (Phi) is 3.91. The van der Waals surface area contributed by atoms with Crippen molar-refractivity contribution in [1.29, 1.82) is 0 Å². The van der Waals surface area contributed by atoms with E-state index in [0.29, 0.717) is 11.5 Å². The van der Waals surface area contributed by atoms with E-state index in [1.54, 1.807) is 0 Å². The Hall–Kier alpha value is -0.780. The van der Waals surface area contributed by atoms with Crippen LogP contribution < -0.4 is 14.8 Å². The summed E-state index contributed by atoms with van der Waals surface area (Å²) in [4.78, 5) is 0. The van der Waals surface area contributed by atoms with Gasteiger partial charge in [0.25, 0.3) is 0 Å². The van der Waals surface area contributed by atoms with E-state index in [2.05, 4.69) is 21.2 Å². The second-order valence-electron chi connectivity index (χ2n) is 4.03. The van der Waals surface area contributed by atoms with Gasteiger partial charge in [0.1, 0.15) is 0 Å². The van der Waals surface area contributed by atoms with E-state index in [0.717, 1.165) is 16.6 Å². The lowest BCUT2D eigenvalue weighted by Crippen LogP contribution is -2.31. The van der Waals surface area contributed by atoms with Gasteiger partial charge in [0.2, 0.25) is 6.79 Å². The highest BCUT2D eigenvalue weighted by Gasteiger charge is 2.22. The highest BCUT2D eigenvalue weighted by atomic mass is 79.9. The molecule has 1 aliphatic heterocycles. The zero-order valence-corrected chi connectivity index (χ0v) is 11.5. The number of fused-ring (bicyclic) bond motifs is 1. The molecule has 0 saturated carbocycles. The summed E-state index contributed by atoms with van der Waals surface area (Å²) < 4.78 is 11.4. The van der Waals surface area contributed by atoms with Gasteiger partial charge in [-0.25, -0.2) is 0 Å². The molecule has 2 atom stereocenters. The normalized spacial score (nSPS) is 16.9. The highest BCUT2D eigenvalue weighted by molar-refractivity contribution is 9.10. The first kappa shape index (κ1) is 12.7. The fourth-order valence-electron chi connectivity index (χ4n) is 1.88. The van der Waals surface area contributed by atoms with E-state index in [4.69, 9.17) is 9.47 Å². The van der Waals surface area contributed by atoms with E-state index in [1.807, 2.05) is 26.0 Å². The van der Waals surface area contributed by atoms with Gasteiger partial charge in [-0.05, 0) is 47.1 Å². The number of benzene rings is 1. The summed E-state index contributed by atoms with van der Waals surface area (Å²) in [6, 6.07) is 3.68. The Morgan fingerprint density at radius 2 is 2.24 bits per heavy atom. The molecule has 5 heteroatoms. The lowest BCUT2D eigenvalue weighted by Gasteiger charge is -2.20. The maximum Gasteiger partial charge on any atom is 0.231 e. The van der Waals surface area contributed by atoms with Crippen LogP contribution in [0.25, 0.3) is 0 Å². The first-order valence-corrected chi connectivity index (χ1v) is 6.43. The molecule has 1 aromatic rings. The van der Waals surface area contributed by atoms with Crippen LogP contribution in [0.4, 0.5) is 0 Å². The molecule has 0 aromatic heterocycles. The van der Waals surface area contributed by atoms with E-state index >= 15 is 0 Å². The molecule has 0 saturated heterocycles. The maximum absolute atomic E-state index is 10.2. The molecular formula is C12H16BrNO3. The molecule has 0 bridgehead atoms. The largest absolute Gasteiger partial charge is 0.454 e. The lowest BCUT2D eigenvalue weighted by molar-refractivity contribution is 0.136. The summed E-state index contributed by atoms with van der Waals surface area (Å²) in [7, 11) is 0. The van der Waals surface area contributed by atoms with Crippen molar-refractivity contribution in [3.8, 4) is 11.5 Å². The average molecular weight is 302 g/mol. The van der Waals surface area contributed by atoms with Gasteiger partial charge in [0.15, 0.2) is 11.5 Å². The van der Waals surface area contributed by atoms with Crippen molar-refractivity contribution in [2.24, 2.45) is 0 Å². The molecule has 1 aliphatic rings. The van der Waals surface area contributed by atoms with Gasteiger partial charge < -0.3 is 19.9 Å². The Labute approximate surface area is 109 Å². The van der Waals surface area contributed by atoms with Crippen LogP contribution in [0, 0.1) is 0 Å². The Morgan fingerprint density at radius 3 is 2.94 bits per heavy atom. The van der Waals surface area contributed by atoms with Crippen LogP contribution in [0.1, 0.15) is 25.5 Å². The van der Waals surface area contributed by atoms with Gasteiger partial charge >= 0.3 is 0 Å². The zero-order valence-electron chi connectivity index (χ0n) is 9.87. The summed E-state index contributed by atoms with van der Waals surface area (Å²) >= 11 is 3.42. The third kappa shape index (κ3) is 2.56. The maximum atomic E-state index is 10.2. The van der Waals surface area contributed by atoms with Gasteiger partial charge in [-0.2, -0.15) is 0 Å². The molecule has 2 N–H and O–H groups in total. The van der Waals surface area contributed by atoms with E-state index < -0.39 is 6.10 Å². The van der Waals surface area contributed by atoms with Crippen molar-refractivity contribution in [3.63, 3.8) is 0 Å². The van der Waals surface area contributed by atoms with Crippen LogP contribution in [0.3, 0.4) is 0 Å². The standard InChI is InChI=1S/C12H16BrNO3/c1-3-14-7(2)11(15)8-4-9(13)12-10(5-8)16-6-17-12/h4-5,7,11,14-15H,3,6H2,1-2H3. The van der Waals surface area contributed by atoms with E-state index in [9.17, 15) is 5.11 Å². The molecule has 2 rings (SSSR count). The van der Waals surface area contributed by atoms with Crippen LogP contribution in [0.15, 0.2) is 16.6 Å². The number of halogens is 1. The topological polar surface area (TPSA) is 50.7 Å². The smallest absolute Gasteiger partial charge is 0.231 e. The first-order chi connectivity index (χ1) is 8.13. The van der Waals surface area contributed by atoms with Crippen molar-refractivity contribution in [2.75, 3.05) is 13.3 Å². The van der Waals surface area contributed by atoms with Gasteiger partial charge in [0, 0.05) is 6.04 Å². The zero-order chi connectivity index (χ0) is 12.4. The molecule has 0 radical (unpaired) electrons. The molecule has 1 aromatic carbocycles. The second kappa shape index (κ2) is 5.25. The molecule has 2 unspecified atom stereocenters. The number of likely N-dealkylation sites (N-methyl/N-ethyl adjacent to an activating group) is 1. The SMILES string of the molecule is CCNC(C)C(O)c1cc(Br)c2c(c1)OCO2. The lowest BCUT2D eigenvalue weighted by atomic mass is 10.0. The molecule has 1 heterocycles. The van der Waals surface area contributed by atoms with Gasteiger partial charge in [-0.15, -0.1) is 0 Å². The monoisotopic (exact) mass is 301 g/mol. The summed E-state index contributed by atoms with van der Waals surface area (Å²) in [6.07, 6.45) is -0.569. The Balaban J connectivity index is 2.24. The molecule has 0 aliphatic carbocycles. The van der Waals surface area contributed by atoms with Crippen molar-refractivity contribution in [3.05, 3.63) is 22.2 Å². The Morgan fingerprint density at radius 1 is 1.47 bits per heavy atom. The van der Waals surface area contributed by atoms with E-state index in [-0.39, 0.29) is 12.8 Å². The van der Waals surface area contributed by atoms with Gasteiger partial charge in [-0.3, -0.25) is 0 Å². The van der Waals surface area contributed by atoms with Crippen molar-refractivity contribution in [1.82, 2.24) is 5.32 Å². The molecule has 0 spiro atoms. The van der Waals surface area contributed by atoms with Crippen LogP contribution >= 0.6 is 15.9 Å². The number of nitrogens with one attached hydrogen (secondary N) is 1. The third-order valence-corrected chi connectivity index (χ3v) is 3.38. The second-order valence-corrected chi connectivity index (χ2v) is 4.88. The molecule has 0 fully saturated rings. The minimum absolute atomic E-state index is 0.00716. The predicted molar refractivity (Wildman–Crippen MR) is 68.4 cm³/mol. The summed E-state index contributed by atoms with van der Waals surface area (Å²) in [6.45, 7) is 5.02. The molecular weight excluding hydrogens is 286 g/mol. The average Bonchev–Trinajstić information content (AvgIpc) is 2.77. The molecule has 17 heavy (non-hydrogen) atoms. The van der Waals surface area contributed by atoms with E-state index in [1.165, 1.54) is 0 Å². The van der Waals surface area contributed by atoms with Crippen molar-refractivity contribution >= 4 is 15.9 Å². The van der Waals surface area contributed by atoms with Crippen LogP contribution in [-0.2, 0) is 0 Å². The minimum atomic E-state index is -0.569. The fourth-order valence-corrected chi connectivity index (χ4v) is 2.45. The van der Waals surface area contributed by atoms with Gasteiger partial charge in [-0.1, -0.05) is 6.92 Å². The number of rotatable bonds is 4. The van der Waals surface area contributed by atoms with Crippen molar-refractivity contribution < 1.29 is 14.6 Å². The molecule has 94 valence electrons. The number of hydrogen-bond donors (Lipinski definition) is 2. The molecule has 0 amide bonds. The number of aliphatic hydroxyl groups is 1. The van der Waals surface area contributed by atoms with Crippen LogP contribution in [0.5, 0.6) is 11.5 Å². The minimum Gasteiger partial charge on any atom is -0.454 e. The predicted octanol–water partition coefficient (Wildman–Crippen LogP) is 2.21.